The van der Waals surface area contributed by atoms with Gasteiger partial charge in [-0.1, -0.05) is 6.42 Å². The standard InChI is InChI=1S/C15H20N2O2S/c1-19-13-8-6-12(7-9-13)17-14(18)11-20-15-5-3-2-4-10-16-15/h6-9H,2-5,10-11H2,1H3,(H,17,18). The maximum absolute atomic E-state index is 11.9. The number of nitrogens with zero attached hydrogens (tertiary/aromatic N) is 1. The molecule has 108 valence electrons. The lowest BCUT2D eigenvalue weighted by atomic mass is 10.2. The Balaban J connectivity index is 1.78. The van der Waals surface area contributed by atoms with E-state index in [0.717, 1.165) is 29.4 Å². The van der Waals surface area contributed by atoms with Crippen LogP contribution in [-0.4, -0.2) is 30.4 Å². The summed E-state index contributed by atoms with van der Waals surface area (Å²) in [7, 11) is 1.62. The molecule has 1 aliphatic rings. The van der Waals surface area contributed by atoms with Crippen LogP contribution in [0.4, 0.5) is 5.69 Å². The number of nitrogens with one attached hydrogen (secondary N) is 1. The highest BCUT2D eigenvalue weighted by Crippen LogP contribution is 2.18. The molecule has 5 heteroatoms. The van der Waals surface area contributed by atoms with Crippen LogP contribution in [0.3, 0.4) is 0 Å². The maximum atomic E-state index is 11.9. The third kappa shape index (κ3) is 4.89. The van der Waals surface area contributed by atoms with Crippen molar-refractivity contribution in [2.45, 2.75) is 25.7 Å². The molecule has 0 atom stereocenters. The Bertz CT molecular complexity index is 471. The van der Waals surface area contributed by atoms with Crippen LogP contribution in [-0.2, 0) is 4.79 Å². The number of thioether (sulfide) groups is 1. The first-order valence-electron chi connectivity index (χ1n) is 6.88. The Morgan fingerprint density at radius 3 is 2.85 bits per heavy atom. The summed E-state index contributed by atoms with van der Waals surface area (Å²) in [4.78, 5) is 16.4. The fourth-order valence-corrected chi connectivity index (χ4v) is 2.83. The number of aliphatic imine (C=N–C) groups is 1. The molecule has 0 radical (unpaired) electrons. The van der Waals surface area contributed by atoms with Crippen LogP contribution >= 0.6 is 11.8 Å². The first-order chi connectivity index (χ1) is 9.78. The normalized spacial score (nSPS) is 15.2. The molecule has 2 rings (SSSR count). The highest BCUT2D eigenvalue weighted by Gasteiger charge is 2.08. The van der Waals surface area contributed by atoms with Gasteiger partial charge in [0.25, 0.3) is 0 Å². The van der Waals surface area contributed by atoms with Crippen molar-refractivity contribution in [1.82, 2.24) is 0 Å². The number of carbonyl (C=O) groups excluding carboxylic acids is 1. The average molecular weight is 292 g/mol. The Morgan fingerprint density at radius 2 is 2.10 bits per heavy atom. The van der Waals surface area contributed by atoms with Crippen LogP contribution in [0.1, 0.15) is 25.7 Å². The molecular weight excluding hydrogens is 272 g/mol. The molecule has 0 saturated heterocycles. The SMILES string of the molecule is COc1ccc(NC(=O)CSC2=NCCCCC2)cc1. The molecule has 0 aromatic heterocycles. The molecule has 1 amide bonds. The second-order valence-corrected chi connectivity index (χ2v) is 5.70. The van der Waals surface area contributed by atoms with E-state index in [9.17, 15) is 4.79 Å². The predicted octanol–water partition coefficient (Wildman–Crippen LogP) is 3.34. The van der Waals surface area contributed by atoms with Gasteiger partial charge in [0.15, 0.2) is 0 Å². The van der Waals surface area contributed by atoms with Gasteiger partial charge in [-0.3, -0.25) is 9.79 Å². The molecule has 0 aliphatic carbocycles. The summed E-state index contributed by atoms with van der Waals surface area (Å²) in [5, 5.41) is 4.00. The minimum Gasteiger partial charge on any atom is -0.497 e. The molecule has 4 nitrogen and oxygen atoms in total. The zero-order chi connectivity index (χ0) is 14.2. The van der Waals surface area contributed by atoms with E-state index in [4.69, 9.17) is 4.74 Å². The van der Waals surface area contributed by atoms with Crippen molar-refractivity contribution in [2.75, 3.05) is 24.7 Å². The Kier molecular flexibility index (Phi) is 5.92. The zero-order valence-electron chi connectivity index (χ0n) is 11.7. The van der Waals surface area contributed by atoms with Crippen molar-refractivity contribution in [1.29, 1.82) is 0 Å². The number of anilines is 1. The summed E-state index contributed by atoms with van der Waals surface area (Å²) in [6, 6.07) is 7.34. The van der Waals surface area contributed by atoms with Crippen molar-refractivity contribution in [3.63, 3.8) is 0 Å². The number of methoxy groups -OCH3 is 1. The van der Waals surface area contributed by atoms with E-state index in [-0.39, 0.29) is 5.91 Å². The van der Waals surface area contributed by atoms with E-state index >= 15 is 0 Å². The lowest BCUT2D eigenvalue weighted by molar-refractivity contribution is -0.113. The summed E-state index contributed by atoms with van der Waals surface area (Å²) < 4.78 is 5.08. The van der Waals surface area contributed by atoms with Gasteiger partial charge in [-0.15, -0.1) is 11.8 Å². The average Bonchev–Trinajstić information content (AvgIpc) is 2.74. The molecule has 0 spiro atoms. The monoisotopic (exact) mass is 292 g/mol. The van der Waals surface area contributed by atoms with Crippen LogP contribution in [0.25, 0.3) is 0 Å². The molecule has 0 bridgehead atoms. The number of carbonyl (C=O) groups is 1. The maximum Gasteiger partial charge on any atom is 0.234 e. The van der Waals surface area contributed by atoms with Crippen LogP contribution in [0.15, 0.2) is 29.3 Å². The van der Waals surface area contributed by atoms with E-state index in [1.54, 1.807) is 18.9 Å². The highest BCUT2D eigenvalue weighted by atomic mass is 32.2. The van der Waals surface area contributed by atoms with Gasteiger partial charge in [0.1, 0.15) is 5.75 Å². The van der Waals surface area contributed by atoms with Gasteiger partial charge < -0.3 is 10.1 Å². The lowest BCUT2D eigenvalue weighted by Crippen LogP contribution is -2.15. The van der Waals surface area contributed by atoms with E-state index in [0.29, 0.717) is 5.75 Å². The molecule has 1 heterocycles. The number of benzene rings is 1. The number of hydrogen-bond acceptors (Lipinski definition) is 4. The van der Waals surface area contributed by atoms with Crippen molar-refractivity contribution in [3.05, 3.63) is 24.3 Å². The number of amides is 1. The largest absolute Gasteiger partial charge is 0.497 e. The van der Waals surface area contributed by atoms with Gasteiger partial charge >= 0.3 is 0 Å². The summed E-state index contributed by atoms with van der Waals surface area (Å²) in [5.74, 6) is 1.21. The highest BCUT2D eigenvalue weighted by molar-refractivity contribution is 8.14. The fourth-order valence-electron chi connectivity index (χ4n) is 1.99. The molecule has 0 saturated carbocycles. The van der Waals surface area contributed by atoms with E-state index < -0.39 is 0 Å². The topological polar surface area (TPSA) is 50.7 Å². The zero-order valence-corrected chi connectivity index (χ0v) is 12.5. The van der Waals surface area contributed by atoms with E-state index in [2.05, 4.69) is 10.3 Å². The minimum atomic E-state index is 0.00659. The smallest absolute Gasteiger partial charge is 0.234 e. The van der Waals surface area contributed by atoms with Gasteiger partial charge in [0.2, 0.25) is 5.91 Å². The minimum absolute atomic E-state index is 0.00659. The van der Waals surface area contributed by atoms with E-state index in [1.807, 2.05) is 24.3 Å². The van der Waals surface area contributed by atoms with Crippen molar-refractivity contribution in [2.24, 2.45) is 4.99 Å². The quantitative estimate of drug-likeness (QED) is 0.926. The van der Waals surface area contributed by atoms with Crippen molar-refractivity contribution >= 4 is 28.4 Å². The molecule has 0 unspecified atom stereocenters. The second-order valence-electron chi connectivity index (χ2n) is 4.65. The van der Waals surface area contributed by atoms with Gasteiger partial charge in [-0.2, -0.15) is 0 Å². The molecule has 1 aromatic rings. The number of ether oxygens (including phenoxy) is 1. The Labute approximate surface area is 124 Å². The fraction of sp³-hybridized carbons (Fsp3) is 0.467. The molecule has 1 aliphatic heterocycles. The van der Waals surface area contributed by atoms with Gasteiger partial charge in [-0.05, 0) is 43.5 Å². The number of rotatable bonds is 4. The lowest BCUT2D eigenvalue weighted by Gasteiger charge is -2.07. The summed E-state index contributed by atoms with van der Waals surface area (Å²) in [6.45, 7) is 0.905. The van der Waals surface area contributed by atoms with Crippen LogP contribution in [0.5, 0.6) is 5.75 Å². The Morgan fingerprint density at radius 1 is 1.30 bits per heavy atom. The first-order valence-corrected chi connectivity index (χ1v) is 7.86. The molecule has 1 N–H and O–H groups in total. The first kappa shape index (κ1) is 14.9. The molecular formula is C15H20N2O2S. The van der Waals surface area contributed by atoms with Crippen LogP contribution < -0.4 is 10.1 Å². The number of hydrogen-bond donors (Lipinski definition) is 1. The van der Waals surface area contributed by atoms with Crippen LogP contribution in [0.2, 0.25) is 0 Å². The third-order valence-electron chi connectivity index (χ3n) is 3.08. The van der Waals surface area contributed by atoms with Crippen LogP contribution in [0, 0.1) is 0 Å². The summed E-state index contributed by atoms with van der Waals surface area (Å²) >= 11 is 1.56. The van der Waals surface area contributed by atoms with E-state index in [1.165, 1.54) is 19.3 Å². The molecule has 20 heavy (non-hydrogen) atoms. The van der Waals surface area contributed by atoms with Crippen molar-refractivity contribution in [3.8, 4) is 5.75 Å². The van der Waals surface area contributed by atoms with Gasteiger partial charge in [0.05, 0.1) is 17.9 Å². The predicted molar refractivity (Wildman–Crippen MR) is 84.9 cm³/mol. The molecule has 0 fully saturated rings. The Hall–Kier alpha value is -1.49. The van der Waals surface area contributed by atoms with Gasteiger partial charge in [0, 0.05) is 12.2 Å². The second kappa shape index (κ2) is 7.94. The summed E-state index contributed by atoms with van der Waals surface area (Å²) in [5.41, 5.74) is 0.791. The molecule has 1 aromatic carbocycles. The third-order valence-corrected chi connectivity index (χ3v) is 4.15. The van der Waals surface area contributed by atoms with Crippen molar-refractivity contribution < 1.29 is 9.53 Å². The van der Waals surface area contributed by atoms with Gasteiger partial charge in [-0.25, -0.2) is 0 Å². The summed E-state index contributed by atoms with van der Waals surface area (Å²) in [6.07, 6.45) is 4.61.